The Morgan fingerprint density at radius 3 is 1.00 bits per heavy atom. The van der Waals surface area contributed by atoms with E-state index < -0.39 is 0 Å². The smallest absolute Gasteiger partial charge is 0 e. The topological polar surface area (TPSA) is 0 Å². The van der Waals surface area contributed by atoms with E-state index in [1.165, 1.54) is 11.1 Å². The van der Waals surface area contributed by atoms with Crippen LogP contribution in [0.4, 0.5) is 0 Å². The van der Waals surface area contributed by atoms with Crippen molar-refractivity contribution >= 4 is 0 Å². The first-order chi connectivity index (χ1) is 3.72. The third-order valence-electron chi connectivity index (χ3n) is 1.49. The summed E-state index contributed by atoms with van der Waals surface area (Å²) in [5, 5.41) is 0. The molecule has 2 radical (unpaired) electrons. The van der Waals surface area contributed by atoms with Crippen molar-refractivity contribution in [2.75, 3.05) is 0 Å². The van der Waals surface area contributed by atoms with Crippen LogP contribution in [-0.2, 0) is 65.4 Å². The van der Waals surface area contributed by atoms with Gasteiger partial charge in [-0.1, -0.05) is 0 Å². The standard InChI is InChI=1S/C8H14.2CH3.2Y/c1-5-7(3)8(4)6-2;;;;/h5-6H,1-4H3;2*1H3;;/q-2;2*-1;;/b8-7-;;;;. The van der Waals surface area contributed by atoms with Gasteiger partial charge in [0.2, 0.25) is 0 Å². The van der Waals surface area contributed by atoms with Crippen LogP contribution >= 0.6 is 0 Å². The van der Waals surface area contributed by atoms with Crippen LogP contribution in [0.3, 0.4) is 0 Å². The normalized spacial score (nSPS) is 8.33. The van der Waals surface area contributed by atoms with Crippen LogP contribution in [0.1, 0.15) is 27.7 Å². The molecule has 0 saturated carbocycles. The van der Waals surface area contributed by atoms with Crippen LogP contribution in [-0.4, -0.2) is 0 Å². The van der Waals surface area contributed by atoms with Gasteiger partial charge in [-0.05, 0) is 0 Å². The Morgan fingerprint density at radius 2 is 0.917 bits per heavy atom. The fourth-order valence-electron chi connectivity index (χ4n) is 0.455. The molecule has 70 valence electrons. The molecule has 0 nitrogen and oxygen atoms in total. The summed E-state index contributed by atoms with van der Waals surface area (Å²) in [6.07, 6.45) is 4.24. The predicted molar refractivity (Wildman–Crippen MR) is 51.2 cm³/mol. The van der Waals surface area contributed by atoms with E-state index in [1.807, 2.05) is 0 Å². The van der Waals surface area contributed by atoms with E-state index in [1.54, 1.807) is 0 Å². The van der Waals surface area contributed by atoms with E-state index in [0.717, 1.165) is 0 Å². The van der Waals surface area contributed by atoms with Gasteiger partial charge in [-0.15, -0.1) is 27.7 Å². The first-order valence-electron chi connectivity index (χ1n) is 2.98. The Labute approximate surface area is 130 Å². The number of allylic oxidation sites excluding steroid dienone is 2. The summed E-state index contributed by atoms with van der Waals surface area (Å²) in [5.74, 6) is 0. The van der Waals surface area contributed by atoms with Crippen molar-refractivity contribution in [3.05, 3.63) is 38.8 Å². The molecule has 0 aromatic carbocycles. The van der Waals surface area contributed by atoms with E-state index in [-0.39, 0.29) is 80.3 Å². The number of hydrogen-bond acceptors (Lipinski definition) is 0. The molecular formula is C10H20Y2-4. The van der Waals surface area contributed by atoms with E-state index >= 15 is 0 Å². The molecule has 0 N–H and O–H groups in total. The Balaban J connectivity index is -0.0000000408. The van der Waals surface area contributed by atoms with Crippen LogP contribution < -0.4 is 0 Å². The van der Waals surface area contributed by atoms with E-state index in [0.29, 0.717) is 0 Å². The third-order valence-corrected chi connectivity index (χ3v) is 1.49. The molecule has 0 amide bonds. The molecule has 0 aliphatic carbocycles. The van der Waals surface area contributed by atoms with E-state index in [9.17, 15) is 0 Å². The predicted octanol–water partition coefficient (Wildman–Crippen LogP) is 3.67. The zero-order chi connectivity index (χ0) is 6.57. The zero-order valence-corrected chi connectivity index (χ0v) is 15.0. The van der Waals surface area contributed by atoms with Crippen LogP contribution in [0.15, 0.2) is 11.1 Å². The van der Waals surface area contributed by atoms with Crippen LogP contribution in [0.2, 0.25) is 0 Å². The summed E-state index contributed by atoms with van der Waals surface area (Å²) in [7, 11) is 0. The fraction of sp³-hybridized carbons (Fsp3) is 0.400. The summed E-state index contributed by atoms with van der Waals surface area (Å²) in [6, 6.07) is 0. The molecule has 2 heteroatoms. The van der Waals surface area contributed by atoms with Gasteiger partial charge in [-0.2, -0.15) is 0 Å². The van der Waals surface area contributed by atoms with Gasteiger partial charge in [0.1, 0.15) is 0 Å². The van der Waals surface area contributed by atoms with Crippen LogP contribution in [0, 0.1) is 27.7 Å². The molecule has 0 aliphatic rings. The maximum absolute atomic E-state index is 2.12. The Hall–Kier alpha value is 1.69. The van der Waals surface area contributed by atoms with Gasteiger partial charge < -0.3 is 38.8 Å². The van der Waals surface area contributed by atoms with Gasteiger partial charge in [-0.25, -0.2) is 0 Å². The summed E-state index contributed by atoms with van der Waals surface area (Å²) in [5.41, 5.74) is 2.74. The van der Waals surface area contributed by atoms with Crippen molar-refractivity contribution in [1.29, 1.82) is 0 Å². The molecule has 0 unspecified atom stereocenters. The van der Waals surface area contributed by atoms with Gasteiger partial charge in [-0.3, -0.25) is 0 Å². The van der Waals surface area contributed by atoms with Gasteiger partial charge in [0.05, 0.1) is 0 Å². The third kappa shape index (κ3) is 14.2. The molecule has 0 spiro atoms. The Bertz CT molecular complexity index is 84.0. The molecular weight excluding hydrogens is 298 g/mol. The maximum atomic E-state index is 2.12. The quantitative estimate of drug-likeness (QED) is 0.682. The molecule has 0 aromatic rings. The molecule has 0 rings (SSSR count). The van der Waals surface area contributed by atoms with Crippen molar-refractivity contribution in [3.63, 3.8) is 0 Å². The van der Waals surface area contributed by atoms with E-state index in [2.05, 4.69) is 40.5 Å². The second-order valence-electron chi connectivity index (χ2n) is 1.94. The van der Waals surface area contributed by atoms with Crippen LogP contribution in [0.5, 0.6) is 0 Å². The zero-order valence-electron chi connectivity index (χ0n) is 9.31. The Morgan fingerprint density at radius 1 is 0.750 bits per heavy atom. The van der Waals surface area contributed by atoms with Crippen molar-refractivity contribution < 1.29 is 65.4 Å². The average Bonchev–Trinajstić information content (AvgIpc) is 1.84. The van der Waals surface area contributed by atoms with E-state index in [4.69, 9.17) is 0 Å². The number of hydrogen-bond donors (Lipinski definition) is 0. The molecule has 0 saturated heterocycles. The summed E-state index contributed by atoms with van der Waals surface area (Å²) in [6.45, 7) is 8.36. The molecule has 0 aromatic heterocycles. The van der Waals surface area contributed by atoms with Crippen molar-refractivity contribution in [2.24, 2.45) is 0 Å². The molecule has 0 bridgehead atoms. The number of rotatable bonds is 2. The van der Waals surface area contributed by atoms with Crippen molar-refractivity contribution in [1.82, 2.24) is 0 Å². The minimum atomic E-state index is 0. The maximum Gasteiger partial charge on any atom is 0 e. The van der Waals surface area contributed by atoms with Gasteiger partial charge in [0.25, 0.3) is 0 Å². The van der Waals surface area contributed by atoms with Crippen LogP contribution in [0.25, 0.3) is 0 Å². The molecule has 0 heterocycles. The second-order valence-corrected chi connectivity index (χ2v) is 1.94. The van der Waals surface area contributed by atoms with Crippen molar-refractivity contribution in [2.45, 2.75) is 27.7 Å². The first kappa shape index (κ1) is 29.2. The van der Waals surface area contributed by atoms with Crippen molar-refractivity contribution in [3.8, 4) is 0 Å². The molecule has 12 heavy (non-hydrogen) atoms. The largest absolute Gasteiger partial charge is 0.364 e. The first-order valence-corrected chi connectivity index (χ1v) is 2.98. The second kappa shape index (κ2) is 18.5. The minimum Gasteiger partial charge on any atom is -0.364 e. The molecule has 0 atom stereocenters. The summed E-state index contributed by atoms with van der Waals surface area (Å²) in [4.78, 5) is 0. The monoisotopic (exact) mass is 318 g/mol. The fourth-order valence-corrected chi connectivity index (χ4v) is 0.455. The average molecular weight is 318 g/mol. The van der Waals surface area contributed by atoms with Gasteiger partial charge >= 0.3 is 0 Å². The molecule has 0 fully saturated rings. The summed E-state index contributed by atoms with van der Waals surface area (Å²) < 4.78 is 0. The van der Waals surface area contributed by atoms with Gasteiger partial charge in [0, 0.05) is 65.4 Å². The summed E-state index contributed by atoms with van der Waals surface area (Å²) >= 11 is 0. The minimum absolute atomic E-state index is 0. The Kier molecular flexibility index (Phi) is 44.9. The van der Waals surface area contributed by atoms with Gasteiger partial charge in [0.15, 0.2) is 0 Å². The molecule has 0 aliphatic heterocycles. The SMILES string of the molecule is C[CH-]/C(C)=C(/C)[CH-]C.[CH3-].[CH3-].[Y].[Y].